The maximum absolute atomic E-state index is 11.9. The highest BCUT2D eigenvalue weighted by Crippen LogP contribution is 2.18. The van der Waals surface area contributed by atoms with Gasteiger partial charge in [-0.2, -0.15) is 0 Å². The normalized spacial score (nSPS) is 24.9. The number of hydrogen-bond acceptors (Lipinski definition) is 3. The lowest BCUT2D eigenvalue weighted by atomic mass is 10.1. The zero-order valence-corrected chi connectivity index (χ0v) is 11.6. The Morgan fingerprint density at radius 3 is 1.94 bits per heavy atom. The summed E-state index contributed by atoms with van der Waals surface area (Å²) in [5, 5.41) is 9.08. The standard InChI is InChI=1S/C12H22N2O4/c1-8-6-13(11(17)18-12(3,4)5)7-9(2)14(8)10(15)16/h8-9H,6-7H2,1-5H3,(H,15,16). The van der Waals surface area contributed by atoms with E-state index in [0.717, 1.165) is 0 Å². The first-order chi connectivity index (χ1) is 8.11. The summed E-state index contributed by atoms with van der Waals surface area (Å²) in [5.41, 5.74) is -0.534. The van der Waals surface area contributed by atoms with Crippen LogP contribution in [0.2, 0.25) is 0 Å². The van der Waals surface area contributed by atoms with Crippen molar-refractivity contribution in [1.29, 1.82) is 0 Å². The molecule has 0 radical (unpaired) electrons. The van der Waals surface area contributed by atoms with E-state index in [1.54, 1.807) is 18.7 Å². The van der Waals surface area contributed by atoms with E-state index < -0.39 is 11.7 Å². The third-order valence-corrected chi connectivity index (χ3v) is 2.79. The fourth-order valence-electron chi connectivity index (χ4n) is 2.18. The van der Waals surface area contributed by atoms with Crippen molar-refractivity contribution < 1.29 is 19.4 Å². The number of ether oxygens (including phenoxy) is 1. The van der Waals surface area contributed by atoms with Gasteiger partial charge in [0.2, 0.25) is 0 Å². The highest BCUT2D eigenvalue weighted by atomic mass is 16.6. The maximum Gasteiger partial charge on any atom is 0.410 e. The summed E-state index contributed by atoms with van der Waals surface area (Å²) in [6.45, 7) is 9.75. The van der Waals surface area contributed by atoms with Crippen LogP contribution in [0.5, 0.6) is 0 Å². The second-order valence-corrected chi connectivity index (χ2v) is 5.77. The van der Waals surface area contributed by atoms with Crippen molar-refractivity contribution in [3.63, 3.8) is 0 Å². The van der Waals surface area contributed by atoms with Crippen LogP contribution in [-0.2, 0) is 4.74 Å². The third kappa shape index (κ3) is 3.51. The van der Waals surface area contributed by atoms with E-state index in [9.17, 15) is 9.59 Å². The van der Waals surface area contributed by atoms with Gasteiger partial charge in [0.05, 0.1) is 12.1 Å². The van der Waals surface area contributed by atoms with Gasteiger partial charge in [-0.15, -0.1) is 0 Å². The molecule has 0 aliphatic carbocycles. The molecule has 1 N–H and O–H groups in total. The molecule has 0 spiro atoms. The average Bonchev–Trinajstić information content (AvgIpc) is 2.12. The first-order valence-electron chi connectivity index (χ1n) is 6.11. The monoisotopic (exact) mass is 258 g/mol. The maximum atomic E-state index is 11.9. The van der Waals surface area contributed by atoms with Crippen molar-refractivity contribution in [2.75, 3.05) is 13.1 Å². The van der Waals surface area contributed by atoms with Crippen molar-refractivity contribution in [2.45, 2.75) is 52.3 Å². The van der Waals surface area contributed by atoms with Crippen molar-refractivity contribution in [1.82, 2.24) is 9.80 Å². The molecule has 1 heterocycles. The van der Waals surface area contributed by atoms with Crippen molar-refractivity contribution in [3.05, 3.63) is 0 Å². The lowest BCUT2D eigenvalue weighted by Crippen LogP contribution is -2.60. The average molecular weight is 258 g/mol. The van der Waals surface area contributed by atoms with Crippen LogP contribution in [0.1, 0.15) is 34.6 Å². The van der Waals surface area contributed by atoms with E-state index in [0.29, 0.717) is 13.1 Å². The van der Waals surface area contributed by atoms with Crippen LogP contribution in [0.25, 0.3) is 0 Å². The van der Waals surface area contributed by atoms with Crippen LogP contribution in [-0.4, -0.2) is 57.9 Å². The van der Waals surface area contributed by atoms with Gasteiger partial charge in [-0.1, -0.05) is 0 Å². The molecule has 0 saturated carbocycles. The Kier molecular flexibility index (Phi) is 4.09. The predicted octanol–water partition coefficient (Wildman–Crippen LogP) is 1.99. The Balaban J connectivity index is 2.68. The molecule has 0 bridgehead atoms. The fraction of sp³-hybridized carbons (Fsp3) is 0.833. The van der Waals surface area contributed by atoms with Crippen molar-refractivity contribution in [3.8, 4) is 0 Å². The van der Waals surface area contributed by atoms with Gasteiger partial charge >= 0.3 is 12.2 Å². The Bertz CT molecular complexity index is 325. The summed E-state index contributed by atoms with van der Waals surface area (Å²) >= 11 is 0. The van der Waals surface area contributed by atoms with Crippen LogP contribution in [0.3, 0.4) is 0 Å². The van der Waals surface area contributed by atoms with E-state index in [-0.39, 0.29) is 18.2 Å². The van der Waals surface area contributed by atoms with E-state index in [1.165, 1.54) is 4.90 Å². The van der Waals surface area contributed by atoms with Crippen LogP contribution >= 0.6 is 0 Å². The number of nitrogens with zero attached hydrogens (tertiary/aromatic N) is 2. The first-order valence-corrected chi connectivity index (χ1v) is 6.11. The number of amides is 2. The molecule has 6 nitrogen and oxygen atoms in total. The molecule has 1 aliphatic rings. The van der Waals surface area contributed by atoms with Gasteiger partial charge in [-0.05, 0) is 34.6 Å². The Labute approximate surface area is 107 Å². The third-order valence-electron chi connectivity index (χ3n) is 2.79. The minimum absolute atomic E-state index is 0.223. The molecule has 2 amide bonds. The molecule has 0 aromatic carbocycles. The van der Waals surface area contributed by atoms with Gasteiger partial charge in [0.25, 0.3) is 0 Å². The summed E-state index contributed by atoms with van der Waals surface area (Å²) in [7, 11) is 0. The zero-order chi connectivity index (χ0) is 14.1. The number of piperazine rings is 1. The summed E-state index contributed by atoms with van der Waals surface area (Å²) in [6, 6.07) is -0.447. The molecule has 0 aromatic heterocycles. The first kappa shape index (κ1) is 14.6. The number of hydrogen-bond donors (Lipinski definition) is 1. The smallest absolute Gasteiger partial charge is 0.410 e. The fourth-order valence-corrected chi connectivity index (χ4v) is 2.18. The molecule has 0 aromatic rings. The lowest BCUT2D eigenvalue weighted by Gasteiger charge is -2.42. The van der Waals surface area contributed by atoms with Crippen molar-refractivity contribution in [2.24, 2.45) is 0 Å². The van der Waals surface area contributed by atoms with Crippen molar-refractivity contribution >= 4 is 12.2 Å². The molecular formula is C12H22N2O4. The van der Waals surface area contributed by atoms with E-state index in [4.69, 9.17) is 9.84 Å². The van der Waals surface area contributed by atoms with Gasteiger partial charge in [0, 0.05) is 13.1 Å². The number of carboxylic acid groups (broad SMARTS) is 1. The molecule has 6 heteroatoms. The second-order valence-electron chi connectivity index (χ2n) is 5.77. The molecule has 2 atom stereocenters. The topological polar surface area (TPSA) is 70.1 Å². The molecule has 1 fully saturated rings. The van der Waals surface area contributed by atoms with Gasteiger partial charge in [-0.3, -0.25) is 4.90 Å². The number of carbonyl (C=O) groups excluding carboxylic acids is 1. The number of rotatable bonds is 0. The molecule has 1 aliphatic heterocycles. The molecule has 18 heavy (non-hydrogen) atoms. The second kappa shape index (κ2) is 5.04. The molecule has 104 valence electrons. The van der Waals surface area contributed by atoms with Gasteiger partial charge in [0.1, 0.15) is 5.60 Å². The minimum atomic E-state index is -0.946. The summed E-state index contributed by atoms with van der Waals surface area (Å²) < 4.78 is 5.29. The number of carbonyl (C=O) groups is 2. The molecular weight excluding hydrogens is 236 g/mol. The predicted molar refractivity (Wildman–Crippen MR) is 66.6 cm³/mol. The Morgan fingerprint density at radius 1 is 1.17 bits per heavy atom. The molecule has 2 unspecified atom stereocenters. The van der Waals surface area contributed by atoms with Crippen LogP contribution < -0.4 is 0 Å². The highest BCUT2D eigenvalue weighted by molar-refractivity contribution is 5.70. The van der Waals surface area contributed by atoms with Gasteiger partial charge in [0.15, 0.2) is 0 Å². The van der Waals surface area contributed by atoms with Crippen LogP contribution in [0.4, 0.5) is 9.59 Å². The summed E-state index contributed by atoms with van der Waals surface area (Å²) in [5.74, 6) is 0. The zero-order valence-electron chi connectivity index (χ0n) is 11.6. The van der Waals surface area contributed by atoms with E-state index in [2.05, 4.69) is 0 Å². The van der Waals surface area contributed by atoms with Crippen LogP contribution in [0.15, 0.2) is 0 Å². The molecule has 1 rings (SSSR count). The summed E-state index contributed by atoms with van der Waals surface area (Å²) in [6.07, 6.45) is -1.33. The van der Waals surface area contributed by atoms with Crippen LogP contribution in [0, 0.1) is 0 Å². The van der Waals surface area contributed by atoms with E-state index >= 15 is 0 Å². The summed E-state index contributed by atoms with van der Waals surface area (Å²) in [4.78, 5) is 25.9. The lowest BCUT2D eigenvalue weighted by molar-refractivity contribution is -0.00412. The van der Waals surface area contributed by atoms with Gasteiger partial charge < -0.3 is 14.7 Å². The highest BCUT2D eigenvalue weighted by Gasteiger charge is 2.36. The SMILES string of the molecule is CC1CN(C(=O)OC(C)(C)C)CC(C)N1C(=O)O. The Morgan fingerprint density at radius 2 is 1.61 bits per heavy atom. The van der Waals surface area contributed by atoms with E-state index in [1.807, 2.05) is 20.8 Å². The Hall–Kier alpha value is -1.46. The molecule has 1 saturated heterocycles. The quantitative estimate of drug-likeness (QED) is 0.721. The van der Waals surface area contributed by atoms with Gasteiger partial charge in [-0.25, -0.2) is 9.59 Å². The minimum Gasteiger partial charge on any atom is -0.465 e. The largest absolute Gasteiger partial charge is 0.465 e.